The van der Waals surface area contributed by atoms with Crippen molar-refractivity contribution in [3.8, 4) is 22.3 Å². The lowest BCUT2D eigenvalue weighted by molar-refractivity contribution is 0.669. The quantitative estimate of drug-likeness (QED) is 0.190. The van der Waals surface area contributed by atoms with Gasteiger partial charge in [0.2, 0.25) is 0 Å². The second-order valence-corrected chi connectivity index (χ2v) is 12.5. The number of rotatable bonds is 5. The standard InChI is InChI=1S/C46H29NO2/c1-2-12-35-30(10-1)11-7-15-36(35)31-22-26-33(27-23-31)47(41-18-9-21-44-45(41)40-14-4-6-20-43(40)48-44)34-28-24-32(25-29-34)37-16-8-17-39-38-13-3-5-19-42(38)49-46(37)39/h1-29H. The molecule has 0 spiro atoms. The number of furan rings is 2. The molecular formula is C46H29NO2. The highest BCUT2D eigenvalue weighted by Crippen LogP contribution is 2.44. The van der Waals surface area contributed by atoms with Crippen LogP contribution in [0.2, 0.25) is 0 Å². The van der Waals surface area contributed by atoms with E-state index in [1.54, 1.807) is 0 Å². The second-order valence-electron chi connectivity index (χ2n) is 12.5. The fourth-order valence-corrected chi connectivity index (χ4v) is 7.40. The molecule has 0 fully saturated rings. The number of anilines is 3. The van der Waals surface area contributed by atoms with Crippen molar-refractivity contribution in [1.29, 1.82) is 0 Å². The molecule has 0 unspecified atom stereocenters. The van der Waals surface area contributed by atoms with Crippen LogP contribution in [0.5, 0.6) is 0 Å². The van der Waals surface area contributed by atoms with Gasteiger partial charge in [0.15, 0.2) is 0 Å². The molecule has 0 amide bonds. The Hall–Kier alpha value is -6.58. The lowest BCUT2D eigenvalue weighted by Crippen LogP contribution is -2.10. The van der Waals surface area contributed by atoms with Crippen molar-refractivity contribution in [2.45, 2.75) is 0 Å². The summed E-state index contributed by atoms with van der Waals surface area (Å²) in [6, 6.07) is 62.0. The van der Waals surface area contributed by atoms with Crippen molar-refractivity contribution < 1.29 is 8.83 Å². The number of benzene rings is 8. The van der Waals surface area contributed by atoms with Crippen LogP contribution in [0.15, 0.2) is 185 Å². The molecule has 0 atom stereocenters. The van der Waals surface area contributed by atoms with Gasteiger partial charge in [-0.15, -0.1) is 0 Å². The van der Waals surface area contributed by atoms with Gasteiger partial charge in [0.25, 0.3) is 0 Å². The Kier molecular flexibility index (Phi) is 6.18. The largest absolute Gasteiger partial charge is 0.456 e. The number of fused-ring (bicyclic) bond motifs is 7. The van der Waals surface area contributed by atoms with Gasteiger partial charge in [-0.3, -0.25) is 0 Å². The summed E-state index contributed by atoms with van der Waals surface area (Å²) in [4.78, 5) is 2.34. The highest BCUT2D eigenvalue weighted by Gasteiger charge is 2.20. The van der Waals surface area contributed by atoms with Gasteiger partial charge < -0.3 is 13.7 Å². The summed E-state index contributed by atoms with van der Waals surface area (Å²) in [5.74, 6) is 0. The van der Waals surface area contributed by atoms with Gasteiger partial charge in [0.05, 0.1) is 11.1 Å². The summed E-state index contributed by atoms with van der Waals surface area (Å²) < 4.78 is 12.7. The van der Waals surface area contributed by atoms with Crippen LogP contribution in [-0.2, 0) is 0 Å². The van der Waals surface area contributed by atoms with Crippen molar-refractivity contribution in [2.75, 3.05) is 4.90 Å². The SMILES string of the molecule is c1ccc2c(-c3ccc(N(c4ccc(-c5cccc6c5oc5ccccc56)cc4)c4cccc5oc6ccccc6c45)cc3)cccc2c1. The Balaban J connectivity index is 1.13. The van der Waals surface area contributed by atoms with Crippen LogP contribution in [0.4, 0.5) is 17.1 Å². The molecule has 0 aliphatic carbocycles. The molecule has 2 heterocycles. The third-order valence-corrected chi connectivity index (χ3v) is 9.69. The molecule has 3 heteroatoms. The Bertz CT molecular complexity index is 2820. The molecule has 10 aromatic rings. The molecule has 0 bridgehead atoms. The van der Waals surface area contributed by atoms with E-state index in [1.807, 2.05) is 24.3 Å². The Morgan fingerprint density at radius 3 is 1.65 bits per heavy atom. The third kappa shape index (κ3) is 4.44. The van der Waals surface area contributed by atoms with Gasteiger partial charge in [-0.2, -0.15) is 0 Å². The van der Waals surface area contributed by atoms with E-state index in [9.17, 15) is 0 Å². The van der Waals surface area contributed by atoms with Gasteiger partial charge in [-0.25, -0.2) is 0 Å². The zero-order chi connectivity index (χ0) is 32.3. The molecule has 0 saturated carbocycles. The van der Waals surface area contributed by atoms with Gasteiger partial charge in [0, 0.05) is 33.1 Å². The molecule has 0 saturated heterocycles. The maximum absolute atomic E-state index is 6.39. The van der Waals surface area contributed by atoms with Gasteiger partial charge in [-0.05, 0) is 76.0 Å². The topological polar surface area (TPSA) is 29.5 Å². The van der Waals surface area contributed by atoms with Crippen LogP contribution in [-0.4, -0.2) is 0 Å². The maximum Gasteiger partial charge on any atom is 0.143 e. The molecule has 2 aromatic heterocycles. The van der Waals surface area contributed by atoms with Crippen molar-refractivity contribution in [3.05, 3.63) is 176 Å². The van der Waals surface area contributed by atoms with Crippen LogP contribution in [0.1, 0.15) is 0 Å². The molecular weight excluding hydrogens is 599 g/mol. The van der Waals surface area contributed by atoms with Crippen LogP contribution < -0.4 is 4.90 Å². The minimum atomic E-state index is 0.865. The summed E-state index contributed by atoms with van der Waals surface area (Å²) >= 11 is 0. The molecule has 0 aliphatic rings. The molecule has 3 nitrogen and oxygen atoms in total. The van der Waals surface area contributed by atoms with Gasteiger partial charge in [-0.1, -0.05) is 127 Å². The van der Waals surface area contributed by atoms with Crippen LogP contribution in [0.3, 0.4) is 0 Å². The predicted molar refractivity (Wildman–Crippen MR) is 204 cm³/mol. The lowest BCUT2D eigenvalue weighted by Gasteiger charge is -2.26. The van der Waals surface area contributed by atoms with Gasteiger partial charge in [0.1, 0.15) is 22.3 Å². The highest BCUT2D eigenvalue weighted by molar-refractivity contribution is 6.13. The lowest BCUT2D eigenvalue weighted by atomic mass is 9.98. The average Bonchev–Trinajstić information content (AvgIpc) is 3.74. The Labute approximate surface area is 282 Å². The first-order valence-corrected chi connectivity index (χ1v) is 16.6. The summed E-state index contributed by atoms with van der Waals surface area (Å²) in [7, 11) is 0. The first-order valence-electron chi connectivity index (χ1n) is 16.6. The van der Waals surface area contributed by atoms with E-state index in [0.717, 1.165) is 72.1 Å². The molecule has 8 aromatic carbocycles. The molecule has 0 N–H and O–H groups in total. The minimum absolute atomic E-state index is 0.865. The highest BCUT2D eigenvalue weighted by atomic mass is 16.3. The second kappa shape index (κ2) is 11.0. The Morgan fingerprint density at radius 1 is 0.347 bits per heavy atom. The summed E-state index contributed by atoms with van der Waals surface area (Å²) in [6.45, 7) is 0. The van der Waals surface area contributed by atoms with E-state index in [-0.39, 0.29) is 0 Å². The monoisotopic (exact) mass is 627 g/mol. The van der Waals surface area contributed by atoms with Crippen molar-refractivity contribution in [1.82, 2.24) is 0 Å². The van der Waals surface area contributed by atoms with Crippen molar-refractivity contribution in [2.24, 2.45) is 0 Å². The van der Waals surface area contributed by atoms with Gasteiger partial charge >= 0.3 is 0 Å². The number of hydrogen-bond donors (Lipinski definition) is 0. The fourth-order valence-electron chi connectivity index (χ4n) is 7.40. The van der Waals surface area contributed by atoms with E-state index in [0.29, 0.717) is 0 Å². The zero-order valence-corrected chi connectivity index (χ0v) is 26.5. The van der Waals surface area contributed by atoms with Crippen LogP contribution >= 0.6 is 0 Å². The summed E-state index contributed by atoms with van der Waals surface area (Å²) in [5, 5.41) is 6.94. The average molecular weight is 628 g/mol. The smallest absolute Gasteiger partial charge is 0.143 e. The first-order chi connectivity index (χ1) is 24.3. The van der Waals surface area contributed by atoms with E-state index in [1.165, 1.54) is 21.9 Å². The third-order valence-electron chi connectivity index (χ3n) is 9.69. The first kappa shape index (κ1) is 27.5. The predicted octanol–water partition coefficient (Wildman–Crippen LogP) is 13.4. The molecule has 0 radical (unpaired) electrons. The van der Waals surface area contributed by atoms with Crippen molar-refractivity contribution >= 4 is 71.7 Å². The van der Waals surface area contributed by atoms with Crippen LogP contribution in [0, 0.1) is 0 Å². The molecule has 10 rings (SSSR count). The normalized spacial score (nSPS) is 11.7. The number of para-hydroxylation sites is 3. The van der Waals surface area contributed by atoms with E-state index in [2.05, 4.69) is 157 Å². The maximum atomic E-state index is 6.39. The summed E-state index contributed by atoms with van der Waals surface area (Å²) in [5.41, 5.74) is 11.3. The fraction of sp³-hybridized carbons (Fsp3) is 0. The number of hydrogen-bond acceptors (Lipinski definition) is 3. The number of nitrogens with zero attached hydrogens (tertiary/aromatic N) is 1. The van der Waals surface area contributed by atoms with E-state index >= 15 is 0 Å². The van der Waals surface area contributed by atoms with Crippen molar-refractivity contribution in [3.63, 3.8) is 0 Å². The molecule has 49 heavy (non-hydrogen) atoms. The van der Waals surface area contributed by atoms with E-state index in [4.69, 9.17) is 8.83 Å². The van der Waals surface area contributed by atoms with Crippen LogP contribution in [0.25, 0.3) is 76.9 Å². The molecule has 230 valence electrons. The van der Waals surface area contributed by atoms with E-state index < -0.39 is 0 Å². The molecule has 0 aliphatic heterocycles. The minimum Gasteiger partial charge on any atom is -0.456 e. The zero-order valence-electron chi connectivity index (χ0n) is 26.5. The summed E-state index contributed by atoms with van der Waals surface area (Å²) in [6.07, 6.45) is 0. The Morgan fingerprint density at radius 2 is 0.878 bits per heavy atom.